The summed E-state index contributed by atoms with van der Waals surface area (Å²) in [6.07, 6.45) is 2.65. The molecule has 2 aromatic rings. The fourth-order valence-corrected chi connectivity index (χ4v) is 2.87. The lowest BCUT2D eigenvalue weighted by molar-refractivity contribution is -0.385. The molecule has 0 unspecified atom stereocenters. The van der Waals surface area contributed by atoms with E-state index in [0.29, 0.717) is 0 Å². The molecule has 30 heavy (non-hydrogen) atoms. The molecule has 3 rings (SSSR count). The number of hydrogen-bond acceptors (Lipinski definition) is 6. The molecule has 9 nitrogen and oxygen atoms in total. The van der Waals surface area contributed by atoms with Gasteiger partial charge < -0.3 is 14.8 Å². The summed E-state index contributed by atoms with van der Waals surface area (Å²) in [5.74, 6) is -0.161. The average molecular weight is 409 g/mol. The topological polar surface area (TPSA) is 111 Å². The van der Waals surface area contributed by atoms with E-state index in [1.165, 1.54) is 31.4 Å². The smallest absolute Gasteiger partial charge is 0.329 e. The van der Waals surface area contributed by atoms with Crippen LogP contribution in [0, 0.1) is 10.1 Å². The lowest BCUT2D eigenvalue weighted by Crippen LogP contribution is -2.30. The van der Waals surface area contributed by atoms with Gasteiger partial charge >= 0.3 is 6.03 Å². The van der Waals surface area contributed by atoms with Crippen molar-refractivity contribution in [1.82, 2.24) is 10.2 Å². The number of methoxy groups -OCH3 is 1. The monoisotopic (exact) mass is 409 g/mol. The molecule has 1 aliphatic heterocycles. The Kier molecular flexibility index (Phi) is 6.11. The van der Waals surface area contributed by atoms with Crippen LogP contribution in [0.4, 0.5) is 10.5 Å². The molecule has 9 heteroatoms. The highest BCUT2D eigenvalue weighted by atomic mass is 16.6. The standard InChI is InChI=1S/C21H19N3O6/c1-3-9-23-20(25)16(22-21(23)26)10-15-11-18(29-2)19(12-17(15)24(27)28)30-13-14-7-5-4-6-8-14/h3-8,10-12H,1,9,13H2,2H3,(H,22,26)/b16-10+. The number of hydrogen-bond donors (Lipinski definition) is 1. The van der Waals surface area contributed by atoms with Gasteiger partial charge in [0.15, 0.2) is 11.5 Å². The zero-order valence-corrected chi connectivity index (χ0v) is 16.2. The van der Waals surface area contributed by atoms with Crippen LogP contribution in [-0.2, 0) is 11.4 Å². The first-order valence-corrected chi connectivity index (χ1v) is 8.93. The lowest BCUT2D eigenvalue weighted by atomic mass is 10.1. The van der Waals surface area contributed by atoms with E-state index >= 15 is 0 Å². The van der Waals surface area contributed by atoms with E-state index in [1.807, 2.05) is 30.3 Å². The maximum absolute atomic E-state index is 12.4. The van der Waals surface area contributed by atoms with Crippen LogP contribution in [0.3, 0.4) is 0 Å². The van der Waals surface area contributed by atoms with E-state index in [4.69, 9.17) is 9.47 Å². The van der Waals surface area contributed by atoms with E-state index in [2.05, 4.69) is 11.9 Å². The quantitative estimate of drug-likeness (QED) is 0.236. The normalized spacial score (nSPS) is 14.6. The van der Waals surface area contributed by atoms with E-state index in [0.717, 1.165) is 10.5 Å². The molecule has 1 fully saturated rings. The Morgan fingerprint density at radius 1 is 1.20 bits per heavy atom. The molecule has 0 spiro atoms. The average Bonchev–Trinajstić information content (AvgIpc) is 3.00. The first-order chi connectivity index (χ1) is 14.4. The lowest BCUT2D eigenvalue weighted by Gasteiger charge is -2.12. The summed E-state index contributed by atoms with van der Waals surface area (Å²) in [6.45, 7) is 3.72. The van der Waals surface area contributed by atoms with Gasteiger partial charge in [0.1, 0.15) is 12.3 Å². The van der Waals surface area contributed by atoms with Gasteiger partial charge in [-0.15, -0.1) is 6.58 Å². The fraction of sp³-hybridized carbons (Fsp3) is 0.143. The maximum atomic E-state index is 12.4. The molecule has 0 atom stereocenters. The van der Waals surface area contributed by atoms with E-state index in [1.54, 1.807) is 0 Å². The van der Waals surface area contributed by atoms with Crippen molar-refractivity contribution in [2.45, 2.75) is 6.61 Å². The van der Waals surface area contributed by atoms with Crippen LogP contribution in [0.15, 0.2) is 60.8 Å². The number of amides is 3. The highest BCUT2D eigenvalue weighted by molar-refractivity contribution is 6.14. The zero-order chi connectivity index (χ0) is 21.7. The number of nitrogens with one attached hydrogen (secondary N) is 1. The van der Waals surface area contributed by atoms with Gasteiger partial charge in [-0.1, -0.05) is 36.4 Å². The summed E-state index contributed by atoms with van der Waals surface area (Å²) in [4.78, 5) is 36.3. The van der Waals surface area contributed by atoms with Gasteiger partial charge in [-0.2, -0.15) is 0 Å². The van der Waals surface area contributed by atoms with Crippen molar-refractivity contribution < 1.29 is 24.0 Å². The van der Waals surface area contributed by atoms with Crippen molar-refractivity contribution in [3.05, 3.63) is 82.1 Å². The minimum absolute atomic E-state index is 0.0275. The van der Waals surface area contributed by atoms with Crippen LogP contribution in [0.25, 0.3) is 6.08 Å². The first kappa shape index (κ1) is 20.6. The third-order valence-electron chi connectivity index (χ3n) is 4.32. The van der Waals surface area contributed by atoms with Crippen molar-refractivity contribution in [3.8, 4) is 11.5 Å². The molecule has 0 aromatic heterocycles. The van der Waals surface area contributed by atoms with Crippen molar-refractivity contribution in [2.24, 2.45) is 0 Å². The number of benzene rings is 2. The number of nitro groups is 1. The third-order valence-corrected chi connectivity index (χ3v) is 4.32. The van der Waals surface area contributed by atoms with Gasteiger partial charge in [0.25, 0.3) is 11.6 Å². The number of nitrogens with zero attached hydrogens (tertiary/aromatic N) is 2. The Balaban J connectivity index is 1.95. The van der Waals surface area contributed by atoms with Gasteiger partial charge in [-0.05, 0) is 17.7 Å². The van der Waals surface area contributed by atoms with Gasteiger partial charge in [-0.25, -0.2) is 4.79 Å². The van der Waals surface area contributed by atoms with Crippen LogP contribution in [0.2, 0.25) is 0 Å². The predicted molar refractivity (Wildman–Crippen MR) is 109 cm³/mol. The summed E-state index contributed by atoms with van der Waals surface area (Å²) < 4.78 is 11.0. The summed E-state index contributed by atoms with van der Waals surface area (Å²) in [7, 11) is 1.40. The molecular formula is C21H19N3O6. The second-order valence-electron chi connectivity index (χ2n) is 6.29. The van der Waals surface area contributed by atoms with E-state index in [9.17, 15) is 19.7 Å². The van der Waals surface area contributed by atoms with Crippen LogP contribution >= 0.6 is 0 Å². The zero-order valence-electron chi connectivity index (χ0n) is 16.2. The van der Waals surface area contributed by atoms with Crippen LogP contribution < -0.4 is 14.8 Å². The molecule has 1 N–H and O–H groups in total. The molecule has 3 amide bonds. The van der Waals surface area contributed by atoms with Crippen LogP contribution in [0.1, 0.15) is 11.1 Å². The fourth-order valence-electron chi connectivity index (χ4n) is 2.87. The summed E-state index contributed by atoms with van der Waals surface area (Å²) in [5, 5.41) is 14.0. The number of imide groups is 1. The Hall–Kier alpha value is -4.14. The van der Waals surface area contributed by atoms with Crippen LogP contribution in [0.5, 0.6) is 11.5 Å². The second kappa shape index (κ2) is 8.91. The molecular weight excluding hydrogens is 390 g/mol. The number of nitro benzene ring substituents is 1. The summed E-state index contributed by atoms with van der Waals surface area (Å²) in [6, 6.07) is 11.3. The van der Waals surface area contributed by atoms with Gasteiger partial charge in [0.2, 0.25) is 0 Å². The number of rotatable bonds is 8. The van der Waals surface area contributed by atoms with E-state index < -0.39 is 16.9 Å². The first-order valence-electron chi connectivity index (χ1n) is 8.93. The van der Waals surface area contributed by atoms with Crippen LogP contribution in [-0.4, -0.2) is 35.4 Å². The number of ether oxygens (including phenoxy) is 2. The summed E-state index contributed by atoms with van der Waals surface area (Å²) in [5.41, 5.74) is 0.600. The number of urea groups is 1. The van der Waals surface area contributed by atoms with Crippen molar-refractivity contribution >= 4 is 23.7 Å². The molecule has 0 bridgehead atoms. The van der Waals surface area contributed by atoms with Crippen molar-refractivity contribution in [3.63, 3.8) is 0 Å². The Morgan fingerprint density at radius 2 is 1.93 bits per heavy atom. The SMILES string of the molecule is C=CCN1C(=O)N/C(=C/c2cc(OC)c(OCc3ccccc3)cc2[N+](=O)[O-])C1=O. The van der Waals surface area contributed by atoms with Gasteiger partial charge in [-0.3, -0.25) is 19.8 Å². The minimum Gasteiger partial charge on any atom is -0.493 e. The number of carbonyl (C=O) groups excluding carboxylic acids is 2. The van der Waals surface area contributed by atoms with E-state index in [-0.39, 0.29) is 41.6 Å². The molecule has 1 saturated heterocycles. The predicted octanol–water partition coefficient (Wildman–Crippen LogP) is 3.26. The molecule has 0 saturated carbocycles. The molecule has 1 aliphatic rings. The van der Waals surface area contributed by atoms with Gasteiger partial charge in [0, 0.05) is 6.54 Å². The molecule has 154 valence electrons. The second-order valence-corrected chi connectivity index (χ2v) is 6.29. The Labute approximate surface area is 172 Å². The minimum atomic E-state index is -0.622. The van der Waals surface area contributed by atoms with Crippen molar-refractivity contribution in [1.29, 1.82) is 0 Å². The Morgan fingerprint density at radius 3 is 2.57 bits per heavy atom. The molecule has 2 aromatic carbocycles. The molecule has 0 radical (unpaired) electrons. The molecule has 1 heterocycles. The highest BCUT2D eigenvalue weighted by Gasteiger charge is 2.33. The third kappa shape index (κ3) is 4.30. The summed E-state index contributed by atoms with van der Waals surface area (Å²) >= 11 is 0. The maximum Gasteiger partial charge on any atom is 0.329 e. The highest BCUT2D eigenvalue weighted by Crippen LogP contribution is 2.36. The number of carbonyl (C=O) groups is 2. The largest absolute Gasteiger partial charge is 0.493 e. The molecule has 0 aliphatic carbocycles. The van der Waals surface area contributed by atoms with Gasteiger partial charge in [0.05, 0.1) is 23.7 Å². The Bertz CT molecular complexity index is 1030. The van der Waals surface area contributed by atoms with Crippen molar-refractivity contribution in [2.75, 3.05) is 13.7 Å².